The van der Waals surface area contributed by atoms with E-state index in [1.807, 2.05) is 0 Å². The Balaban J connectivity index is 1.89. The number of hydrogen-bond acceptors (Lipinski definition) is 4. The van der Waals surface area contributed by atoms with Crippen LogP contribution in [0, 0.1) is 0 Å². The molecule has 0 aromatic rings. The highest BCUT2D eigenvalue weighted by atomic mass is 32.2. The van der Waals surface area contributed by atoms with E-state index in [-0.39, 0.29) is 0 Å². The lowest BCUT2D eigenvalue weighted by Gasteiger charge is -2.26. The molecule has 0 aromatic carbocycles. The molecule has 1 aliphatic heterocycles. The quantitative estimate of drug-likeness (QED) is 0.718. The predicted molar refractivity (Wildman–Crippen MR) is 51.1 cm³/mol. The van der Waals surface area contributed by atoms with E-state index < -0.39 is 9.84 Å². The van der Waals surface area contributed by atoms with Gasteiger partial charge in [-0.15, -0.1) is 0 Å². The van der Waals surface area contributed by atoms with Crippen molar-refractivity contribution in [2.45, 2.75) is 25.3 Å². The van der Waals surface area contributed by atoms with Crippen molar-refractivity contribution in [3.8, 4) is 0 Å². The minimum atomic E-state index is -3.16. The van der Waals surface area contributed by atoms with Crippen molar-refractivity contribution in [1.29, 1.82) is 0 Å². The van der Waals surface area contributed by atoms with Crippen LogP contribution in [-0.2, 0) is 9.84 Å². The third-order valence-electron chi connectivity index (χ3n) is 2.45. The van der Waals surface area contributed by atoms with Crippen LogP contribution < -0.4 is 5.32 Å². The first-order chi connectivity index (χ1) is 6.18. The Bertz CT molecular complexity index is 352. The number of sulfone groups is 1. The highest BCUT2D eigenvalue weighted by Gasteiger charge is 2.22. The standard InChI is InChI=1S/C8H12N2O2S/c11-13(12)6-9-4-8(13)5-10-7-2-1-3-7/h4,6-7,10H,1-3,5H2. The minimum absolute atomic E-state index is 0.388. The molecule has 1 aliphatic carbocycles. The zero-order chi connectivity index (χ0) is 9.31. The number of nitrogens with one attached hydrogen (secondary N) is 1. The van der Waals surface area contributed by atoms with Crippen LogP contribution in [0.4, 0.5) is 0 Å². The van der Waals surface area contributed by atoms with Crippen molar-refractivity contribution in [3.63, 3.8) is 0 Å². The summed E-state index contributed by atoms with van der Waals surface area (Å²) in [6.07, 6.45) is 4.99. The molecule has 1 saturated carbocycles. The number of aliphatic imine (C=N–C) groups is 1. The molecule has 0 unspecified atom stereocenters. The Hall–Kier alpha value is -0.680. The Morgan fingerprint density at radius 2 is 2.31 bits per heavy atom. The van der Waals surface area contributed by atoms with Crippen LogP contribution in [0.5, 0.6) is 0 Å². The minimum Gasteiger partial charge on any atom is -0.309 e. The molecule has 0 spiro atoms. The zero-order valence-electron chi connectivity index (χ0n) is 7.23. The second-order valence-electron chi connectivity index (χ2n) is 3.40. The molecule has 1 heterocycles. The third-order valence-corrected chi connectivity index (χ3v) is 3.83. The zero-order valence-corrected chi connectivity index (χ0v) is 8.05. The average molecular weight is 200 g/mol. The summed E-state index contributed by atoms with van der Waals surface area (Å²) >= 11 is 0. The molecule has 2 rings (SSSR count). The van der Waals surface area contributed by atoms with Crippen LogP contribution in [0.1, 0.15) is 19.3 Å². The van der Waals surface area contributed by atoms with E-state index in [0.717, 1.165) is 18.4 Å². The molecule has 0 aromatic heterocycles. The summed E-state index contributed by atoms with van der Waals surface area (Å²) in [5.41, 5.74) is 1.00. The highest BCUT2D eigenvalue weighted by molar-refractivity contribution is 8.08. The SMILES string of the molecule is O=S1(=O)C=NC=C1CNC1CCC1. The Morgan fingerprint density at radius 3 is 2.77 bits per heavy atom. The summed E-state index contributed by atoms with van der Waals surface area (Å²) in [4.78, 5) is 4.01. The third kappa shape index (κ3) is 1.81. The smallest absolute Gasteiger partial charge is 0.215 e. The molecule has 0 atom stereocenters. The first-order valence-corrected chi connectivity index (χ1v) is 5.94. The Kier molecular flexibility index (Phi) is 2.21. The van der Waals surface area contributed by atoms with Gasteiger partial charge in [-0.05, 0) is 12.8 Å². The largest absolute Gasteiger partial charge is 0.309 e. The van der Waals surface area contributed by atoms with Gasteiger partial charge in [0, 0.05) is 18.8 Å². The van der Waals surface area contributed by atoms with E-state index >= 15 is 0 Å². The molecule has 0 bridgehead atoms. The van der Waals surface area contributed by atoms with Gasteiger partial charge >= 0.3 is 0 Å². The fraction of sp³-hybridized carbons (Fsp3) is 0.625. The van der Waals surface area contributed by atoms with E-state index in [9.17, 15) is 8.42 Å². The average Bonchev–Trinajstić information content (AvgIpc) is 2.27. The topological polar surface area (TPSA) is 58.5 Å². The molecule has 0 radical (unpaired) electrons. The number of hydrogen-bond donors (Lipinski definition) is 1. The molecule has 0 saturated heterocycles. The van der Waals surface area contributed by atoms with Crippen LogP contribution >= 0.6 is 0 Å². The lowest BCUT2D eigenvalue weighted by atomic mass is 9.93. The molecule has 72 valence electrons. The molecule has 1 N–H and O–H groups in total. The summed E-state index contributed by atoms with van der Waals surface area (Å²) < 4.78 is 22.4. The maximum absolute atomic E-state index is 11.2. The second-order valence-corrected chi connectivity index (χ2v) is 5.23. The Labute approximate surface area is 77.7 Å². The van der Waals surface area contributed by atoms with Gasteiger partial charge in [0.2, 0.25) is 9.84 Å². The molecule has 1 fully saturated rings. The van der Waals surface area contributed by atoms with E-state index in [2.05, 4.69) is 10.3 Å². The van der Waals surface area contributed by atoms with Gasteiger partial charge in [-0.1, -0.05) is 6.42 Å². The van der Waals surface area contributed by atoms with Crippen molar-refractivity contribution >= 4 is 15.4 Å². The van der Waals surface area contributed by atoms with Gasteiger partial charge in [-0.25, -0.2) is 8.42 Å². The maximum atomic E-state index is 11.2. The molecular weight excluding hydrogens is 188 g/mol. The van der Waals surface area contributed by atoms with Crippen LogP contribution in [-0.4, -0.2) is 26.6 Å². The van der Waals surface area contributed by atoms with E-state index in [1.165, 1.54) is 12.6 Å². The van der Waals surface area contributed by atoms with Gasteiger partial charge in [0.1, 0.15) is 5.55 Å². The molecule has 13 heavy (non-hydrogen) atoms. The normalized spacial score (nSPS) is 25.7. The van der Waals surface area contributed by atoms with Gasteiger partial charge in [0.15, 0.2) is 0 Å². The van der Waals surface area contributed by atoms with Gasteiger partial charge in [-0.2, -0.15) is 0 Å². The lowest BCUT2D eigenvalue weighted by molar-refractivity contribution is 0.350. The predicted octanol–water partition coefficient (Wildman–Crippen LogP) is 0.427. The fourth-order valence-corrected chi connectivity index (χ4v) is 2.19. The van der Waals surface area contributed by atoms with Crippen molar-refractivity contribution in [3.05, 3.63) is 11.1 Å². The van der Waals surface area contributed by atoms with Crippen LogP contribution in [0.3, 0.4) is 0 Å². The first-order valence-electron chi connectivity index (χ1n) is 4.39. The van der Waals surface area contributed by atoms with E-state index in [0.29, 0.717) is 17.5 Å². The molecule has 5 heteroatoms. The molecule has 2 aliphatic rings. The monoisotopic (exact) mass is 200 g/mol. The van der Waals surface area contributed by atoms with Crippen LogP contribution in [0.25, 0.3) is 0 Å². The summed E-state index contributed by atoms with van der Waals surface area (Å²) in [6, 6.07) is 0.511. The highest BCUT2D eigenvalue weighted by Crippen LogP contribution is 2.19. The van der Waals surface area contributed by atoms with E-state index in [4.69, 9.17) is 0 Å². The number of nitrogens with zero attached hydrogens (tertiary/aromatic N) is 1. The summed E-state index contributed by atoms with van der Waals surface area (Å²) in [5.74, 6) is 0. The van der Waals surface area contributed by atoms with Gasteiger partial charge in [-0.3, -0.25) is 4.99 Å². The molecular formula is C8H12N2O2S. The summed E-state index contributed by atoms with van der Waals surface area (Å²) in [5, 5.41) is 3.19. The molecule has 0 amide bonds. The second kappa shape index (κ2) is 3.23. The molecule has 4 nitrogen and oxygen atoms in total. The van der Waals surface area contributed by atoms with Crippen molar-refractivity contribution in [2.24, 2.45) is 4.99 Å². The maximum Gasteiger partial charge on any atom is 0.215 e. The fourth-order valence-electron chi connectivity index (χ4n) is 1.34. The van der Waals surface area contributed by atoms with Crippen LogP contribution in [0.15, 0.2) is 16.1 Å². The first kappa shape index (κ1) is 8.90. The number of rotatable bonds is 3. The van der Waals surface area contributed by atoms with Gasteiger partial charge in [0.25, 0.3) is 0 Å². The Morgan fingerprint density at radius 1 is 1.54 bits per heavy atom. The van der Waals surface area contributed by atoms with Gasteiger partial charge in [0.05, 0.1) is 4.91 Å². The van der Waals surface area contributed by atoms with Crippen molar-refractivity contribution in [1.82, 2.24) is 5.32 Å². The lowest BCUT2D eigenvalue weighted by Crippen LogP contribution is -2.36. The van der Waals surface area contributed by atoms with Crippen molar-refractivity contribution in [2.75, 3.05) is 6.54 Å². The summed E-state index contributed by atoms with van der Waals surface area (Å²) in [7, 11) is -3.16. The van der Waals surface area contributed by atoms with Crippen molar-refractivity contribution < 1.29 is 8.42 Å². The van der Waals surface area contributed by atoms with Crippen LogP contribution in [0.2, 0.25) is 0 Å². The summed E-state index contributed by atoms with van der Waals surface area (Å²) in [6.45, 7) is 0.424. The van der Waals surface area contributed by atoms with E-state index in [1.54, 1.807) is 0 Å². The van der Waals surface area contributed by atoms with Gasteiger partial charge < -0.3 is 5.32 Å².